The van der Waals surface area contributed by atoms with Crippen LogP contribution < -0.4 is 5.32 Å². The van der Waals surface area contributed by atoms with Crippen LogP contribution in [0.2, 0.25) is 0 Å². The predicted octanol–water partition coefficient (Wildman–Crippen LogP) is 2.21. The number of nitrogens with one attached hydrogen (secondary N) is 1. The van der Waals surface area contributed by atoms with Crippen LogP contribution in [0.25, 0.3) is 6.08 Å². The minimum atomic E-state index is 0.536. The van der Waals surface area contributed by atoms with Crippen LogP contribution in [-0.4, -0.2) is 22.4 Å². The Morgan fingerprint density at radius 1 is 1.62 bits per heavy atom. The van der Waals surface area contributed by atoms with Crippen LogP contribution in [-0.2, 0) is 7.05 Å². The molecule has 2 atom stereocenters. The molecule has 2 heterocycles. The quantitative estimate of drug-likeness (QED) is 0.844. The van der Waals surface area contributed by atoms with Gasteiger partial charge in [-0.15, -0.1) is 0 Å². The molecule has 1 aliphatic rings. The average molecular weight is 219 g/mol. The number of piperidine rings is 1. The van der Waals surface area contributed by atoms with Crippen LogP contribution in [0.5, 0.6) is 0 Å². The van der Waals surface area contributed by atoms with Crippen LogP contribution in [0.3, 0.4) is 0 Å². The van der Waals surface area contributed by atoms with Gasteiger partial charge in [0.1, 0.15) is 0 Å². The van der Waals surface area contributed by atoms with Crippen molar-refractivity contribution in [2.45, 2.75) is 32.2 Å². The lowest BCUT2D eigenvalue weighted by molar-refractivity contribution is 0.326. The van der Waals surface area contributed by atoms with Crippen molar-refractivity contribution < 1.29 is 0 Å². The second-order valence-electron chi connectivity index (χ2n) is 4.60. The zero-order valence-electron chi connectivity index (χ0n) is 10.2. The van der Waals surface area contributed by atoms with Gasteiger partial charge in [-0.3, -0.25) is 4.68 Å². The lowest BCUT2D eigenvalue weighted by Crippen LogP contribution is -2.36. The van der Waals surface area contributed by atoms with E-state index in [-0.39, 0.29) is 0 Å². The molecule has 1 saturated heterocycles. The van der Waals surface area contributed by atoms with E-state index in [4.69, 9.17) is 0 Å². The molecule has 88 valence electrons. The van der Waals surface area contributed by atoms with Crippen LogP contribution in [0.4, 0.5) is 0 Å². The van der Waals surface area contributed by atoms with Crippen molar-refractivity contribution in [3.8, 4) is 0 Å². The molecule has 2 rings (SSSR count). The third-order valence-corrected chi connectivity index (χ3v) is 3.48. The summed E-state index contributed by atoms with van der Waals surface area (Å²) in [5.74, 6) is 0.891. The first-order valence-corrected chi connectivity index (χ1v) is 6.19. The maximum atomic E-state index is 4.16. The first-order chi connectivity index (χ1) is 7.79. The first kappa shape index (κ1) is 11.4. The molecule has 0 aliphatic carbocycles. The Morgan fingerprint density at radius 3 is 3.19 bits per heavy atom. The molecule has 0 saturated carbocycles. The molecule has 1 aliphatic heterocycles. The zero-order chi connectivity index (χ0) is 11.4. The molecule has 16 heavy (non-hydrogen) atoms. The second kappa shape index (κ2) is 5.30. The number of hydrogen-bond donors (Lipinski definition) is 1. The molecule has 0 radical (unpaired) electrons. The molecular formula is C13H21N3. The highest BCUT2D eigenvalue weighted by atomic mass is 15.2. The van der Waals surface area contributed by atoms with E-state index in [1.165, 1.54) is 25.0 Å². The SMILES string of the molecule is CCC1CCNC(/C=C/c2ccnn2C)C1. The third-order valence-electron chi connectivity index (χ3n) is 3.48. The van der Waals surface area contributed by atoms with Crippen molar-refractivity contribution in [1.82, 2.24) is 15.1 Å². The van der Waals surface area contributed by atoms with E-state index in [2.05, 4.69) is 29.5 Å². The van der Waals surface area contributed by atoms with Gasteiger partial charge in [0.05, 0.1) is 5.69 Å². The van der Waals surface area contributed by atoms with E-state index in [1.807, 2.05) is 24.0 Å². The fourth-order valence-electron chi connectivity index (χ4n) is 2.31. The molecule has 1 N–H and O–H groups in total. The lowest BCUT2D eigenvalue weighted by atomic mass is 9.90. The number of aryl methyl sites for hydroxylation is 1. The summed E-state index contributed by atoms with van der Waals surface area (Å²) in [5.41, 5.74) is 1.17. The highest BCUT2D eigenvalue weighted by Gasteiger charge is 2.17. The van der Waals surface area contributed by atoms with Gasteiger partial charge < -0.3 is 5.32 Å². The lowest BCUT2D eigenvalue weighted by Gasteiger charge is -2.27. The van der Waals surface area contributed by atoms with Gasteiger partial charge in [0.2, 0.25) is 0 Å². The Balaban J connectivity index is 1.94. The number of rotatable bonds is 3. The molecule has 0 amide bonds. The summed E-state index contributed by atoms with van der Waals surface area (Å²) < 4.78 is 1.90. The topological polar surface area (TPSA) is 29.9 Å². The maximum absolute atomic E-state index is 4.16. The van der Waals surface area contributed by atoms with E-state index < -0.39 is 0 Å². The Kier molecular flexibility index (Phi) is 3.78. The smallest absolute Gasteiger partial charge is 0.0603 e. The van der Waals surface area contributed by atoms with E-state index in [9.17, 15) is 0 Å². The van der Waals surface area contributed by atoms with Crippen molar-refractivity contribution in [3.05, 3.63) is 24.0 Å². The highest BCUT2D eigenvalue weighted by Crippen LogP contribution is 2.20. The van der Waals surface area contributed by atoms with Gasteiger partial charge in [-0.1, -0.05) is 19.4 Å². The second-order valence-corrected chi connectivity index (χ2v) is 4.60. The number of aromatic nitrogens is 2. The van der Waals surface area contributed by atoms with Crippen LogP contribution in [0, 0.1) is 5.92 Å². The van der Waals surface area contributed by atoms with Gasteiger partial charge >= 0.3 is 0 Å². The molecular weight excluding hydrogens is 198 g/mol. The van der Waals surface area contributed by atoms with Crippen molar-refractivity contribution in [1.29, 1.82) is 0 Å². The van der Waals surface area contributed by atoms with Gasteiger partial charge in [-0.05, 0) is 37.4 Å². The normalized spacial score (nSPS) is 26.4. The van der Waals surface area contributed by atoms with E-state index in [0.29, 0.717) is 6.04 Å². The zero-order valence-corrected chi connectivity index (χ0v) is 10.2. The summed E-state index contributed by atoms with van der Waals surface area (Å²) in [6, 6.07) is 2.57. The van der Waals surface area contributed by atoms with Crippen LogP contribution >= 0.6 is 0 Å². The van der Waals surface area contributed by atoms with E-state index in [1.54, 1.807) is 0 Å². The fraction of sp³-hybridized carbons (Fsp3) is 0.615. The number of hydrogen-bond acceptors (Lipinski definition) is 2. The molecule has 1 fully saturated rings. The maximum Gasteiger partial charge on any atom is 0.0603 e. The van der Waals surface area contributed by atoms with E-state index >= 15 is 0 Å². The standard InChI is InChI=1S/C13H21N3/c1-3-11-6-8-14-12(10-11)4-5-13-7-9-15-16(13)2/h4-5,7,9,11-12,14H,3,6,8,10H2,1-2H3/b5-4+. The predicted molar refractivity (Wildman–Crippen MR) is 67.0 cm³/mol. The molecule has 0 spiro atoms. The van der Waals surface area contributed by atoms with E-state index in [0.717, 1.165) is 12.5 Å². The van der Waals surface area contributed by atoms with Gasteiger partial charge in [0.15, 0.2) is 0 Å². The third kappa shape index (κ3) is 2.73. The fourth-order valence-corrected chi connectivity index (χ4v) is 2.31. The molecule has 0 bridgehead atoms. The van der Waals surface area contributed by atoms with Crippen LogP contribution in [0.1, 0.15) is 31.9 Å². The van der Waals surface area contributed by atoms with Gasteiger partial charge in [-0.25, -0.2) is 0 Å². The summed E-state index contributed by atoms with van der Waals surface area (Å²) in [4.78, 5) is 0. The molecule has 3 heteroatoms. The van der Waals surface area contributed by atoms with Crippen molar-refractivity contribution in [2.75, 3.05) is 6.54 Å². The molecule has 0 aromatic carbocycles. The minimum absolute atomic E-state index is 0.536. The molecule has 1 aromatic rings. The summed E-state index contributed by atoms with van der Waals surface area (Å²) in [7, 11) is 1.98. The van der Waals surface area contributed by atoms with Crippen molar-refractivity contribution in [2.24, 2.45) is 13.0 Å². The monoisotopic (exact) mass is 219 g/mol. The molecule has 3 nitrogen and oxygen atoms in total. The molecule has 1 aromatic heterocycles. The summed E-state index contributed by atoms with van der Waals surface area (Å²) in [6.07, 6.45) is 10.2. The highest BCUT2D eigenvalue weighted by molar-refractivity contribution is 5.45. The summed E-state index contributed by atoms with van der Waals surface area (Å²) in [5, 5.41) is 7.71. The van der Waals surface area contributed by atoms with Gasteiger partial charge in [-0.2, -0.15) is 5.10 Å². The largest absolute Gasteiger partial charge is 0.310 e. The Hall–Kier alpha value is -1.09. The minimum Gasteiger partial charge on any atom is -0.310 e. The summed E-state index contributed by atoms with van der Waals surface area (Å²) >= 11 is 0. The van der Waals surface area contributed by atoms with Crippen molar-refractivity contribution in [3.63, 3.8) is 0 Å². The summed E-state index contributed by atoms with van der Waals surface area (Å²) in [6.45, 7) is 3.44. The Bertz CT molecular complexity index is 354. The Labute approximate surface area is 97.5 Å². The average Bonchev–Trinajstić information content (AvgIpc) is 2.72. The van der Waals surface area contributed by atoms with Gasteiger partial charge in [0.25, 0.3) is 0 Å². The molecule has 2 unspecified atom stereocenters. The Morgan fingerprint density at radius 2 is 2.50 bits per heavy atom. The number of nitrogens with zero attached hydrogens (tertiary/aromatic N) is 2. The van der Waals surface area contributed by atoms with Crippen molar-refractivity contribution >= 4 is 6.08 Å². The first-order valence-electron chi connectivity index (χ1n) is 6.19. The van der Waals surface area contributed by atoms with Crippen LogP contribution in [0.15, 0.2) is 18.3 Å². The van der Waals surface area contributed by atoms with Gasteiger partial charge in [0, 0.05) is 19.3 Å².